The third-order valence-electron chi connectivity index (χ3n) is 2.36. The van der Waals surface area contributed by atoms with Crippen molar-refractivity contribution in [3.05, 3.63) is 39.4 Å². The molecule has 90 valence electrons. The Balaban J connectivity index is 2.16. The maximum absolute atomic E-state index is 9.14. The molecule has 0 aliphatic heterocycles. The highest BCUT2D eigenvalue weighted by molar-refractivity contribution is 7.07. The fourth-order valence-corrected chi connectivity index (χ4v) is 2.15. The highest BCUT2D eigenvalue weighted by atomic mass is 35.5. The van der Waals surface area contributed by atoms with Crippen LogP contribution in [0.25, 0.3) is 0 Å². The molecule has 4 nitrogen and oxygen atoms in total. The smallest absolute Gasteiger partial charge is 0.129 e. The average Bonchev–Trinajstić information content (AvgIpc) is 2.82. The van der Waals surface area contributed by atoms with E-state index in [-0.39, 0.29) is 6.61 Å². The van der Waals surface area contributed by atoms with E-state index < -0.39 is 0 Å². The molecular weight excluding hydrogens is 258 g/mol. The maximum Gasteiger partial charge on any atom is 0.129 e. The Morgan fingerprint density at radius 1 is 1.47 bits per heavy atom. The summed E-state index contributed by atoms with van der Waals surface area (Å²) in [6.07, 6.45) is 1.56. The lowest BCUT2D eigenvalue weighted by Crippen LogP contribution is -2.18. The molecule has 2 aromatic heterocycles. The molecule has 0 amide bonds. The van der Waals surface area contributed by atoms with Crippen LogP contribution >= 0.6 is 22.9 Å². The van der Waals surface area contributed by atoms with Crippen molar-refractivity contribution in [2.24, 2.45) is 0 Å². The number of anilines is 1. The fourth-order valence-electron chi connectivity index (χ4n) is 1.44. The molecule has 0 radical (unpaired) electrons. The van der Waals surface area contributed by atoms with Crippen LogP contribution in [0.3, 0.4) is 0 Å². The van der Waals surface area contributed by atoms with Gasteiger partial charge in [0.25, 0.3) is 0 Å². The zero-order valence-electron chi connectivity index (χ0n) is 9.30. The third kappa shape index (κ3) is 2.94. The Labute approximate surface area is 109 Å². The molecule has 0 spiro atoms. The van der Waals surface area contributed by atoms with Gasteiger partial charge < -0.3 is 10.0 Å². The minimum atomic E-state index is -0.0844. The van der Waals surface area contributed by atoms with E-state index in [4.69, 9.17) is 16.7 Å². The summed E-state index contributed by atoms with van der Waals surface area (Å²) in [4.78, 5) is 10.4. The zero-order chi connectivity index (χ0) is 12.3. The lowest BCUT2D eigenvalue weighted by molar-refractivity contribution is 0.282. The Morgan fingerprint density at radius 2 is 2.29 bits per heavy atom. The molecule has 2 rings (SSSR count). The highest BCUT2D eigenvalue weighted by Gasteiger charge is 2.08. The van der Waals surface area contributed by atoms with Crippen molar-refractivity contribution in [3.8, 4) is 0 Å². The largest absolute Gasteiger partial charge is 0.392 e. The summed E-state index contributed by atoms with van der Waals surface area (Å²) in [5, 5.41) is 11.6. The first-order valence-electron chi connectivity index (χ1n) is 5.04. The van der Waals surface area contributed by atoms with Crippen molar-refractivity contribution in [2.75, 3.05) is 11.9 Å². The first-order chi connectivity index (χ1) is 8.20. The molecule has 0 saturated carbocycles. The number of rotatable bonds is 4. The first-order valence-corrected chi connectivity index (χ1v) is 6.36. The molecule has 17 heavy (non-hydrogen) atoms. The van der Waals surface area contributed by atoms with Crippen LogP contribution in [0, 0.1) is 0 Å². The molecule has 2 aromatic rings. The first kappa shape index (κ1) is 12.3. The quantitative estimate of drug-likeness (QED) is 0.925. The van der Waals surface area contributed by atoms with Crippen molar-refractivity contribution in [1.29, 1.82) is 0 Å². The predicted octanol–water partition coefficient (Wildman–Crippen LogP) is 2.32. The summed E-state index contributed by atoms with van der Waals surface area (Å²) in [6, 6.07) is 1.79. The Hall–Kier alpha value is -1.17. The van der Waals surface area contributed by atoms with E-state index in [9.17, 15) is 0 Å². The molecule has 0 saturated heterocycles. The van der Waals surface area contributed by atoms with E-state index in [0.29, 0.717) is 17.1 Å². The van der Waals surface area contributed by atoms with Gasteiger partial charge in [0.15, 0.2) is 0 Å². The molecule has 0 aliphatic carbocycles. The minimum Gasteiger partial charge on any atom is -0.392 e. The second kappa shape index (κ2) is 5.44. The Kier molecular flexibility index (Phi) is 3.93. The topological polar surface area (TPSA) is 49.2 Å². The standard InChI is InChI=1S/C11H12ClN3OS/c1-15(4-9-6-17-7-14-9)11-2-8(5-16)10(12)3-13-11/h2-3,6-7,16H,4-5H2,1H3. The molecule has 0 unspecified atom stereocenters. The van der Waals surface area contributed by atoms with Crippen LogP contribution < -0.4 is 4.90 Å². The van der Waals surface area contributed by atoms with E-state index >= 15 is 0 Å². The molecule has 0 fully saturated rings. The molecule has 0 aromatic carbocycles. The van der Waals surface area contributed by atoms with Gasteiger partial charge in [-0.2, -0.15) is 0 Å². The van der Waals surface area contributed by atoms with Crippen molar-refractivity contribution in [1.82, 2.24) is 9.97 Å². The predicted molar refractivity (Wildman–Crippen MR) is 69.4 cm³/mol. The molecule has 0 aliphatic rings. The summed E-state index contributed by atoms with van der Waals surface area (Å²) in [7, 11) is 1.93. The van der Waals surface area contributed by atoms with Gasteiger partial charge in [-0.15, -0.1) is 11.3 Å². The van der Waals surface area contributed by atoms with Crippen molar-refractivity contribution >= 4 is 28.8 Å². The van der Waals surface area contributed by atoms with Gasteiger partial charge in [-0.05, 0) is 6.07 Å². The van der Waals surface area contributed by atoms with E-state index in [2.05, 4.69) is 9.97 Å². The third-order valence-corrected chi connectivity index (χ3v) is 3.34. The summed E-state index contributed by atoms with van der Waals surface area (Å²) in [6.45, 7) is 0.599. The summed E-state index contributed by atoms with van der Waals surface area (Å²) in [5.41, 5.74) is 3.49. The highest BCUT2D eigenvalue weighted by Crippen LogP contribution is 2.20. The molecule has 2 heterocycles. The SMILES string of the molecule is CN(Cc1cscn1)c1cc(CO)c(Cl)cn1. The van der Waals surface area contributed by atoms with Crippen LogP contribution in [0.15, 0.2) is 23.2 Å². The molecule has 1 N–H and O–H groups in total. The van der Waals surface area contributed by atoms with Gasteiger partial charge in [-0.1, -0.05) is 11.6 Å². The van der Waals surface area contributed by atoms with E-state index in [1.807, 2.05) is 17.3 Å². The molecule has 6 heteroatoms. The van der Waals surface area contributed by atoms with Crippen molar-refractivity contribution < 1.29 is 5.11 Å². The van der Waals surface area contributed by atoms with Gasteiger partial charge in [-0.25, -0.2) is 9.97 Å². The van der Waals surface area contributed by atoms with Gasteiger partial charge in [0, 0.05) is 24.2 Å². The summed E-state index contributed by atoms with van der Waals surface area (Å²) >= 11 is 7.46. The minimum absolute atomic E-state index is 0.0844. The monoisotopic (exact) mass is 269 g/mol. The second-order valence-corrected chi connectivity index (χ2v) is 4.75. The van der Waals surface area contributed by atoms with Crippen LogP contribution in [0.4, 0.5) is 5.82 Å². The van der Waals surface area contributed by atoms with E-state index in [1.165, 1.54) is 0 Å². The fraction of sp³-hybridized carbons (Fsp3) is 0.273. The number of hydrogen-bond donors (Lipinski definition) is 1. The molecule has 0 bridgehead atoms. The number of nitrogens with zero attached hydrogens (tertiary/aromatic N) is 3. The van der Waals surface area contributed by atoms with Crippen LogP contribution in [-0.2, 0) is 13.2 Å². The van der Waals surface area contributed by atoms with Gasteiger partial charge in [0.1, 0.15) is 5.82 Å². The second-order valence-electron chi connectivity index (χ2n) is 3.63. The number of aromatic nitrogens is 2. The summed E-state index contributed by atoms with van der Waals surface area (Å²) in [5.74, 6) is 0.770. The number of aliphatic hydroxyl groups is 1. The van der Waals surface area contributed by atoms with Gasteiger partial charge in [-0.3, -0.25) is 0 Å². The lowest BCUT2D eigenvalue weighted by Gasteiger charge is -2.17. The van der Waals surface area contributed by atoms with Crippen LogP contribution in [0.5, 0.6) is 0 Å². The number of hydrogen-bond acceptors (Lipinski definition) is 5. The van der Waals surface area contributed by atoms with E-state index in [1.54, 1.807) is 29.1 Å². The van der Waals surface area contributed by atoms with Crippen LogP contribution in [0.1, 0.15) is 11.3 Å². The normalized spacial score (nSPS) is 10.5. The average molecular weight is 270 g/mol. The van der Waals surface area contributed by atoms with Gasteiger partial charge in [0.05, 0.1) is 29.4 Å². The number of thiazole rings is 1. The maximum atomic E-state index is 9.14. The van der Waals surface area contributed by atoms with Crippen molar-refractivity contribution in [2.45, 2.75) is 13.2 Å². The van der Waals surface area contributed by atoms with Gasteiger partial charge in [0.2, 0.25) is 0 Å². The number of pyridine rings is 1. The lowest BCUT2D eigenvalue weighted by atomic mass is 10.2. The zero-order valence-corrected chi connectivity index (χ0v) is 10.9. The Bertz CT molecular complexity index is 489. The van der Waals surface area contributed by atoms with Gasteiger partial charge >= 0.3 is 0 Å². The van der Waals surface area contributed by atoms with Crippen LogP contribution in [-0.4, -0.2) is 22.1 Å². The number of aliphatic hydroxyl groups excluding tert-OH is 1. The van der Waals surface area contributed by atoms with Crippen LogP contribution in [0.2, 0.25) is 5.02 Å². The molecular formula is C11H12ClN3OS. The van der Waals surface area contributed by atoms with Crippen molar-refractivity contribution in [3.63, 3.8) is 0 Å². The Morgan fingerprint density at radius 3 is 2.94 bits per heavy atom. The van der Waals surface area contributed by atoms with E-state index in [0.717, 1.165) is 11.5 Å². The molecule has 0 atom stereocenters. The number of halogens is 1. The summed E-state index contributed by atoms with van der Waals surface area (Å²) < 4.78 is 0.